The summed E-state index contributed by atoms with van der Waals surface area (Å²) in [7, 11) is 0. The average molecular weight is 353 g/mol. The van der Waals surface area contributed by atoms with Crippen LogP contribution in [0.4, 0.5) is 30.7 Å². The highest BCUT2D eigenvalue weighted by atomic mass is 19.4. The van der Waals surface area contributed by atoms with Gasteiger partial charge in [0.25, 0.3) is 0 Å². The molecule has 2 rings (SSSR count). The molecular formula is C16H14F7N. The van der Waals surface area contributed by atoms with E-state index in [0.717, 1.165) is 12.1 Å². The minimum absolute atomic E-state index is 0.291. The minimum Gasteiger partial charge on any atom is -0.323 e. The molecule has 0 amide bonds. The predicted molar refractivity (Wildman–Crippen MR) is 74.4 cm³/mol. The zero-order valence-corrected chi connectivity index (χ0v) is 12.5. The number of halogens is 7. The molecule has 2 unspecified atom stereocenters. The molecule has 8 heteroatoms. The maximum Gasteiger partial charge on any atom is 0.418 e. The highest BCUT2D eigenvalue weighted by molar-refractivity contribution is 5.40. The van der Waals surface area contributed by atoms with Crippen molar-refractivity contribution in [3.05, 3.63) is 58.9 Å². The maximum atomic E-state index is 13.8. The van der Waals surface area contributed by atoms with Crippen LogP contribution in [0.1, 0.15) is 30.5 Å². The zero-order chi connectivity index (χ0) is 18.3. The Balaban J connectivity index is 2.43. The zero-order valence-electron chi connectivity index (χ0n) is 12.5. The summed E-state index contributed by atoms with van der Waals surface area (Å²) < 4.78 is 91.1. The second-order valence-corrected chi connectivity index (χ2v) is 5.88. The van der Waals surface area contributed by atoms with E-state index >= 15 is 0 Å². The molecule has 0 saturated carbocycles. The summed E-state index contributed by atoms with van der Waals surface area (Å²) in [5, 5.41) is 0. The molecule has 1 aromatic carbocycles. The van der Waals surface area contributed by atoms with Gasteiger partial charge in [0.2, 0.25) is 0 Å². The summed E-state index contributed by atoms with van der Waals surface area (Å²) >= 11 is 0. The molecule has 0 fully saturated rings. The summed E-state index contributed by atoms with van der Waals surface area (Å²) in [4.78, 5) is 0. The van der Waals surface area contributed by atoms with Crippen LogP contribution in [0.3, 0.4) is 0 Å². The molecule has 0 spiro atoms. The molecule has 0 aromatic heterocycles. The van der Waals surface area contributed by atoms with Crippen LogP contribution in [0.25, 0.3) is 0 Å². The maximum absolute atomic E-state index is 13.8. The second kappa shape index (κ2) is 5.91. The summed E-state index contributed by atoms with van der Waals surface area (Å²) in [6.07, 6.45) is -8.58. The third-order valence-electron chi connectivity index (χ3n) is 4.08. The van der Waals surface area contributed by atoms with Gasteiger partial charge in [-0.3, -0.25) is 0 Å². The fourth-order valence-electron chi connectivity index (χ4n) is 2.70. The Hall–Kier alpha value is -1.83. The standard InChI is InChI=1S/C16H14F7N/c1-14(7-6-11(12(17)8-14)16(21,22)23)13(24)9-4-2-3-5-10(9)15(18,19)20/h2-6,8,13H,7,24H2,1H3. The van der Waals surface area contributed by atoms with Crippen LogP contribution in [0, 0.1) is 5.41 Å². The molecule has 0 aliphatic heterocycles. The highest BCUT2D eigenvalue weighted by Crippen LogP contribution is 2.47. The van der Waals surface area contributed by atoms with Crippen molar-refractivity contribution in [3.63, 3.8) is 0 Å². The normalized spacial score (nSPS) is 23.5. The van der Waals surface area contributed by atoms with Gasteiger partial charge in [0, 0.05) is 11.5 Å². The van der Waals surface area contributed by atoms with E-state index in [2.05, 4.69) is 0 Å². The number of nitrogens with two attached hydrogens (primary N) is 1. The van der Waals surface area contributed by atoms with Gasteiger partial charge >= 0.3 is 12.4 Å². The van der Waals surface area contributed by atoms with E-state index in [1.165, 1.54) is 19.1 Å². The fraction of sp³-hybridized carbons (Fsp3) is 0.375. The lowest BCUT2D eigenvalue weighted by Gasteiger charge is -2.36. The van der Waals surface area contributed by atoms with Crippen molar-refractivity contribution in [1.82, 2.24) is 0 Å². The van der Waals surface area contributed by atoms with E-state index in [1.807, 2.05) is 0 Å². The lowest BCUT2D eigenvalue weighted by molar-refractivity contribution is -0.138. The Kier molecular flexibility index (Phi) is 4.56. The molecular weight excluding hydrogens is 339 g/mol. The number of hydrogen-bond donors (Lipinski definition) is 1. The van der Waals surface area contributed by atoms with Gasteiger partial charge in [0.1, 0.15) is 5.83 Å². The molecule has 1 nitrogen and oxygen atoms in total. The van der Waals surface area contributed by atoms with E-state index in [0.29, 0.717) is 12.2 Å². The molecule has 0 bridgehead atoms. The van der Waals surface area contributed by atoms with E-state index in [9.17, 15) is 30.7 Å². The number of hydrogen-bond acceptors (Lipinski definition) is 1. The minimum atomic E-state index is -4.87. The van der Waals surface area contributed by atoms with Gasteiger partial charge in [-0.15, -0.1) is 0 Å². The van der Waals surface area contributed by atoms with Crippen LogP contribution in [-0.2, 0) is 6.18 Å². The monoisotopic (exact) mass is 353 g/mol. The van der Waals surface area contributed by atoms with Crippen molar-refractivity contribution in [2.24, 2.45) is 11.1 Å². The van der Waals surface area contributed by atoms with Crippen LogP contribution in [0.5, 0.6) is 0 Å². The Labute approximate surface area is 133 Å². The smallest absolute Gasteiger partial charge is 0.323 e. The van der Waals surface area contributed by atoms with E-state index in [-0.39, 0.29) is 12.0 Å². The third kappa shape index (κ3) is 3.48. The predicted octanol–water partition coefficient (Wildman–Crippen LogP) is 5.46. The first-order valence-electron chi connectivity index (χ1n) is 6.94. The van der Waals surface area contributed by atoms with Gasteiger partial charge in [0.15, 0.2) is 0 Å². The average Bonchev–Trinajstić information content (AvgIpc) is 2.44. The van der Waals surface area contributed by atoms with Crippen molar-refractivity contribution in [2.75, 3.05) is 0 Å². The SMILES string of the molecule is CC1(C(N)c2ccccc2C(F)(F)F)C=C(F)C(C(F)(F)F)=CC1. The fourth-order valence-corrected chi connectivity index (χ4v) is 2.70. The van der Waals surface area contributed by atoms with Crippen LogP contribution in [0.2, 0.25) is 0 Å². The molecule has 0 heterocycles. The van der Waals surface area contributed by atoms with Gasteiger partial charge in [-0.2, -0.15) is 26.3 Å². The molecule has 1 aromatic rings. The second-order valence-electron chi connectivity index (χ2n) is 5.88. The van der Waals surface area contributed by atoms with Crippen LogP contribution >= 0.6 is 0 Å². The summed E-state index contributed by atoms with van der Waals surface area (Å²) in [5.41, 5.74) is 1.77. The van der Waals surface area contributed by atoms with Gasteiger partial charge in [-0.1, -0.05) is 31.2 Å². The number of allylic oxidation sites excluding steroid dienone is 3. The molecule has 0 radical (unpaired) electrons. The lowest BCUT2D eigenvalue weighted by Crippen LogP contribution is -2.34. The molecule has 2 atom stereocenters. The van der Waals surface area contributed by atoms with Gasteiger partial charge in [-0.05, 0) is 24.1 Å². The van der Waals surface area contributed by atoms with Crippen molar-refractivity contribution >= 4 is 0 Å². The first kappa shape index (κ1) is 18.5. The van der Waals surface area contributed by atoms with Crippen molar-refractivity contribution in [3.8, 4) is 0 Å². The first-order valence-corrected chi connectivity index (χ1v) is 6.94. The summed E-state index contributed by atoms with van der Waals surface area (Å²) in [5.74, 6) is -1.53. The van der Waals surface area contributed by atoms with Gasteiger partial charge in [0.05, 0.1) is 11.1 Å². The Morgan fingerprint density at radius 2 is 1.62 bits per heavy atom. The number of rotatable bonds is 2. The van der Waals surface area contributed by atoms with Crippen LogP contribution in [-0.4, -0.2) is 6.18 Å². The molecule has 1 aliphatic carbocycles. The van der Waals surface area contributed by atoms with Gasteiger partial charge < -0.3 is 5.73 Å². The van der Waals surface area contributed by atoms with E-state index in [4.69, 9.17) is 5.73 Å². The van der Waals surface area contributed by atoms with E-state index in [1.54, 1.807) is 0 Å². The Bertz CT molecular complexity index is 684. The molecule has 24 heavy (non-hydrogen) atoms. The Morgan fingerprint density at radius 1 is 1.04 bits per heavy atom. The number of alkyl halides is 6. The third-order valence-corrected chi connectivity index (χ3v) is 4.08. The summed E-state index contributed by atoms with van der Waals surface area (Å²) in [6.45, 7) is 1.33. The topological polar surface area (TPSA) is 26.0 Å². The molecule has 0 saturated heterocycles. The van der Waals surface area contributed by atoms with Crippen LogP contribution in [0.15, 0.2) is 47.8 Å². The quantitative estimate of drug-likeness (QED) is 0.702. The van der Waals surface area contributed by atoms with Gasteiger partial charge in [-0.25, -0.2) is 4.39 Å². The van der Waals surface area contributed by atoms with Crippen LogP contribution < -0.4 is 5.73 Å². The molecule has 1 aliphatic rings. The summed E-state index contributed by atoms with van der Waals surface area (Å²) in [6, 6.07) is 3.17. The first-order chi connectivity index (χ1) is 10.9. The highest BCUT2D eigenvalue weighted by Gasteiger charge is 2.44. The number of benzene rings is 1. The van der Waals surface area contributed by atoms with Crippen molar-refractivity contribution in [1.29, 1.82) is 0 Å². The van der Waals surface area contributed by atoms with Crippen molar-refractivity contribution in [2.45, 2.75) is 31.7 Å². The largest absolute Gasteiger partial charge is 0.418 e. The molecule has 132 valence electrons. The lowest BCUT2D eigenvalue weighted by atomic mass is 9.72. The molecule has 2 N–H and O–H groups in total. The Morgan fingerprint density at radius 3 is 2.12 bits per heavy atom. The van der Waals surface area contributed by atoms with E-state index < -0.39 is 40.8 Å². The van der Waals surface area contributed by atoms with Crippen molar-refractivity contribution < 1.29 is 30.7 Å².